The van der Waals surface area contributed by atoms with E-state index in [1.807, 2.05) is 11.3 Å². The van der Waals surface area contributed by atoms with Crippen LogP contribution in [0.5, 0.6) is 0 Å². The Morgan fingerprint density at radius 2 is 1.71 bits per heavy atom. The van der Waals surface area contributed by atoms with Gasteiger partial charge in [-0.2, -0.15) is 0 Å². The van der Waals surface area contributed by atoms with Gasteiger partial charge in [0.15, 0.2) is 0 Å². The summed E-state index contributed by atoms with van der Waals surface area (Å²) in [6.45, 7) is 12.8. The molecule has 5 rings (SSSR count). The molecule has 152 valence electrons. The highest BCUT2D eigenvalue weighted by atomic mass is 32.1. The Morgan fingerprint density at radius 1 is 0.964 bits per heavy atom. The Bertz CT molecular complexity index is 842. The van der Waals surface area contributed by atoms with Gasteiger partial charge >= 0.3 is 0 Å². The highest BCUT2D eigenvalue weighted by Crippen LogP contribution is 2.41. The number of rotatable bonds is 3. The third-order valence-corrected chi connectivity index (χ3v) is 8.19. The lowest BCUT2D eigenvalue weighted by Gasteiger charge is -2.36. The number of hydrogen-bond donors (Lipinski definition) is 0. The lowest BCUT2D eigenvalue weighted by molar-refractivity contribution is 0.181. The van der Waals surface area contributed by atoms with E-state index in [2.05, 4.69) is 30.6 Å². The average Bonchev–Trinajstić information content (AvgIpc) is 3.23. The Balaban J connectivity index is 1.52. The highest BCUT2D eigenvalue weighted by molar-refractivity contribution is 7.19. The molecule has 2 aliphatic heterocycles. The number of fused-ring (bicyclic) bond motifs is 3. The quantitative estimate of drug-likeness (QED) is 0.736. The standard InChI is InChI=1S/C23H34N4S/c1-15-7-9-26(10-8-15)14-20-24-22(27-12-16(2)11-17(3)13-27)21-18-5-4-6-19(18)28-23(21)25-20/h15-17H,4-14H2,1-3H3/t16-,17-/m1/s1. The third-order valence-electron chi connectivity index (χ3n) is 7.00. The molecule has 28 heavy (non-hydrogen) atoms. The van der Waals surface area contributed by atoms with Gasteiger partial charge in [0.2, 0.25) is 0 Å². The van der Waals surface area contributed by atoms with Gasteiger partial charge in [0.1, 0.15) is 16.5 Å². The lowest BCUT2D eigenvalue weighted by atomic mass is 9.91. The van der Waals surface area contributed by atoms with Crippen molar-refractivity contribution in [3.05, 3.63) is 16.3 Å². The number of aryl methyl sites for hydroxylation is 2. The van der Waals surface area contributed by atoms with Crippen LogP contribution >= 0.6 is 11.3 Å². The molecule has 5 heteroatoms. The molecule has 4 nitrogen and oxygen atoms in total. The number of likely N-dealkylation sites (tertiary alicyclic amines) is 1. The predicted octanol–water partition coefficient (Wildman–Crippen LogP) is 4.89. The van der Waals surface area contributed by atoms with E-state index in [1.54, 1.807) is 10.4 Å². The molecule has 0 N–H and O–H groups in total. The van der Waals surface area contributed by atoms with Crippen LogP contribution in [0.25, 0.3) is 10.2 Å². The summed E-state index contributed by atoms with van der Waals surface area (Å²) in [6.07, 6.45) is 7.71. The van der Waals surface area contributed by atoms with Crippen molar-refractivity contribution in [2.75, 3.05) is 31.1 Å². The molecule has 4 heterocycles. The zero-order valence-electron chi connectivity index (χ0n) is 17.7. The number of nitrogens with zero attached hydrogens (tertiary/aromatic N) is 4. The number of hydrogen-bond acceptors (Lipinski definition) is 5. The Morgan fingerprint density at radius 3 is 2.46 bits per heavy atom. The van der Waals surface area contributed by atoms with E-state index < -0.39 is 0 Å². The highest BCUT2D eigenvalue weighted by Gasteiger charge is 2.29. The van der Waals surface area contributed by atoms with Crippen LogP contribution in [0.1, 0.15) is 62.7 Å². The minimum atomic E-state index is 0.743. The Labute approximate surface area is 173 Å². The zero-order chi connectivity index (χ0) is 19.3. The summed E-state index contributed by atoms with van der Waals surface area (Å²) < 4.78 is 0. The molecule has 2 saturated heterocycles. The normalized spacial score (nSPS) is 26.9. The van der Waals surface area contributed by atoms with E-state index in [0.29, 0.717) is 0 Å². The van der Waals surface area contributed by atoms with Crippen LogP contribution in [-0.2, 0) is 19.4 Å². The van der Waals surface area contributed by atoms with Gasteiger partial charge in [-0.15, -0.1) is 11.3 Å². The molecule has 1 aliphatic carbocycles. The van der Waals surface area contributed by atoms with Crippen molar-refractivity contribution in [1.29, 1.82) is 0 Å². The van der Waals surface area contributed by atoms with Crippen molar-refractivity contribution < 1.29 is 0 Å². The molecule has 0 amide bonds. The minimum absolute atomic E-state index is 0.743. The van der Waals surface area contributed by atoms with Crippen molar-refractivity contribution in [1.82, 2.24) is 14.9 Å². The van der Waals surface area contributed by atoms with Gasteiger partial charge in [0, 0.05) is 18.0 Å². The summed E-state index contributed by atoms with van der Waals surface area (Å²) in [7, 11) is 0. The third kappa shape index (κ3) is 3.56. The first-order valence-corrected chi connectivity index (χ1v) is 12.2. The summed E-state index contributed by atoms with van der Waals surface area (Å²) in [5, 5.41) is 1.40. The summed E-state index contributed by atoms with van der Waals surface area (Å²) in [5.41, 5.74) is 1.57. The molecule has 2 aromatic rings. The van der Waals surface area contributed by atoms with Gasteiger partial charge in [-0.05, 0) is 74.9 Å². The first-order chi connectivity index (χ1) is 13.6. The Kier molecular flexibility index (Phi) is 5.08. The van der Waals surface area contributed by atoms with Crippen LogP contribution < -0.4 is 4.90 Å². The van der Waals surface area contributed by atoms with Crippen molar-refractivity contribution in [3.8, 4) is 0 Å². The van der Waals surface area contributed by atoms with Crippen molar-refractivity contribution in [3.63, 3.8) is 0 Å². The van der Waals surface area contributed by atoms with Gasteiger partial charge < -0.3 is 4.90 Å². The van der Waals surface area contributed by atoms with E-state index in [4.69, 9.17) is 9.97 Å². The monoisotopic (exact) mass is 398 g/mol. The van der Waals surface area contributed by atoms with Gasteiger partial charge in [-0.1, -0.05) is 20.8 Å². The molecule has 0 radical (unpaired) electrons. The maximum Gasteiger partial charge on any atom is 0.146 e. The van der Waals surface area contributed by atoms with Crippen LogP contribution in [-0.4, -0.2) is 41.0 Å². The molecule has 0 saturated carbocycles. The summed E-state index contributed by atoms with van der Waals surface area (Å²) in [6, 6.07) is 0. The maximum absolute atomic E-state index is 5.24. The number of thiophene rings is 1. The van der Waals surface area contributed by atoms with Crippen molar-refractivity contribution in [2.24, 2.45) is 17.8 Å². The first kappa shape index (κ1) is 18.8. The topological polar surface area (TPSA) is 32.3 Å². The van der Waals surface area contributed by atoms with E-state index in [1.165, 1.54) is 67.6 Å². The smallest absolute Gasteiger partial charge is 0.146 e. The SMILES string of the molecule is CC1CCN(Cc2nc(N3C[C@H](C)C[C@@H](C)C3)c3c4c(sc3n2)CCC4)CC1. The number of anilines is 1. The van der Waals surface area contributed by atoms with E-state index in [0.717, 1.165) is 43.2 Å². The van der Waals surface area contributed by atoms with Crippen molar-refractivity contribution >= 4 is 27.4 Å². The van der Waals surface area contributed by atoms with Gasteiger partial charge in [0.05, 0.1) is 11.9 Å². The predicted molar refractivity (Wildman–Crippen MR) is 118 cm³/mol. The fourth-order valence-corrected chi connectivity index (χ4v) is 6.85. The van der Waals surface area contributed by atoms with Crippen LogP contribution in [0.2, 0.25) is 0 Å². The van der Waals surface area contributed by atoms with E-state index in [9.17, 15) is 0 Å². The molecule has 0 aromatic carbocycles. The molecule has 0 unspecified atom stereocenters. The molecular formula is C23H34N4S. The second kappa shape index (κ2) is 7.56. The zero-order valence-corrected chi connectivity index (χ0v) is 18.5. The number of aromatic nitrogens is 2. The molecule has 0 bridgehead atoms. The summed E-state index contributed by atoms with van der Waals surface area (Å²) in [5.74, 6) is 4.65. The molecule has 2 atom stereocenters. The Hall–Kier alpha value is -1.20. The van der Waals surface area contributed by atoms with Gasteiger partial charge in [-0.25, -0.2) is 9.97 Å². The molecular weight excluding hydrogens is 364 g/mol. The van der Waals surface area contributed by atoms with Crippen LogP contribution in [0, 0.1) is 17.8 Å². The lowest BCUT2D eigenvalue weighted by Crippen LogP contribution is -2.39. The van der Waals surface area contributed by atoms with Gasteiger partial charge in [-0.3, -0.25) is 4.90 Å². The first-order valence-electron chi connectivity index (χ1n) is 11.3. The van der Waals surface area contributed by atoms with Crippen LogP contribution in [0.4, 0.5) is 5.82 Å². The van der Waals surface area contributed by atoms with Crippen LogP contribution in [0.3, 0.4) is 0 Å². The molecule has 2 fully saturated rings. The minimum Gasteiger partial charge on any atom is -0.355 e. The van der Waals surface area contributed by atoms with E-state index in [-0.39, 0.29) is 0 Å². The average molecular weight is 399 g/mol. The van der Waals surface area contributed by atoms with E-state index >= 15 is 0 Å². The second-order valence-electron chi connectivity index (χ2n) is 9.81. The fraction of sp³-hybridized carbons (Fsp3) is 0.739. The number of piperidine rings is 2. The van der Waals surface area contributed by atoms with Crippen molar-refractivity contribution in [2.45, 2.75) is 65.8 Å². The summed E-state index contributed by atoms with van der Waals surface area (Å²) >= 11 is 1.95. The molecule has 3 aliphatic rings. The molecule has 0 spiro atoms. The fourth-order valence-electron chi connectivity index (χ4n) is 5.58. The summed E-state index contributed by atoms with van der Waals surface area (Å²) in [4.78, 5) is 18.3. The van der Waals surface area contributed by atoms with Crippen LogP contribution in [0.15, 0.2) is 0 Å². The van der Waals surface area contributed by atoms with Gasteiger partial charge in [0.25, 0.3) is 0 Å². The maximum atomic E-state index is 5.24. The largest absolute Gasteiger partial charge is 0.355 e. The molecule has 2 aromatic heterocycles. The second-order valence-corrected chi connectivity index (χ2v) is 10.9.